The summed E-state index contributed by atoms with van der Waals surface area (Å²) < 4.78 is 10.8. The van der Waals surface area contributed by atoms with Gasteiger partial charge in [0.1, 0.15) is 0 Å². The van der Waals surface area contributed by atoms with Crippen LogP contribution in [0.1, 0.15) is 10.5 Å². The number of hydrogen-bond donors (Lipinski definition) is 2. The summed E-state index contributed by atoms with van der Waals surface area (Å²) in [7, 11) is 0. The average Bonchev–Trinajstić information content (AvgIpc) is 2.95. The first-order valence-corrected chi connectivity index (χ1v) is 5.83. The number of carboxylic acids is 1. The molecule has 0 amide bonds. The van der Waals surface area contributed by atoms with Crippen LogP contribution in [0.3, 0.4) is 0 Å². The van der Waals surface area contributed by atoms with Gasteiger partial charge in [0, 0.05) is 6.20 Å². The molecule has 2 N–H and O–H groups in total. The minimum absolute atomic E-state index is 0.0464. The molecule has 3 rings (SSSR count). The molecule has 0 fully saturated rings. The van der Waals surface area contributed by atoms with Crippen molar-refractivity contribution in [3.05, 3.63) is 28.7 Å². The number of hydrogen-bond acceptors (Lipinski definition) is 6. The first kappa shape index (κ1) is 11.7. The van der Waals surface area contributed by atoms with Crippen molar-refractivity contribution < 1.29 is 23.9 Å². The third-order valence-electron chi connectivity index (χ3n) is 2.50. The first-order chi connectivity index (χ1) is 9.08. The maximum atomic E-state index is 10.8. The first-order valence-electron chi connectivity index (χ1n) is 5.04. The van der Waals surface area contributed by atoms with Gasteiger partial charge in [0.05, 0.1) is 5.39 Å². The Labute approximate surface area is 113 Å². The van der Waals surface area contributed by atoms with Crippen molar-refractivity contribution in [2.75, 3.05) is 0 Å². The van der Waals surface area contributed by atoms with Gasteiger partial charge in [0.15, 0.2) is 27.6 Å². The second-order valence-electron chi connectivity index (χ2n) is 3.64. The Bertz CT molecular complexity index is 792. The molecule has 0 aromatic carbocycles. The lowest BCUT2D eigenvalue weighted by Crippen LogP contribution is -2.00. The molecule has 3 aromatic heterocycles. The molecule has 0 spiro atoms. The fraction of sp³-hybridized carbons (Fsp3) is 0. The number of halogens is 1. The topological polar surface area (TPSA) is 110 Å². The molecule has 0 radical (unpaired) electrons. The number of aromatic carboxylic acids is 1. The normalized spacial score (nSPS) is 11.0. The molecule has 0 saturated heterocycles. The lowest BCUT2D eigenvalue weighted by molar-refractivity contribution is 0.0687. The van der Waals surface area contributed by atoms with E-state index in [0.717, 1.165) is 0 Å². The number of nitrogens with zero attached hydrogens (tertiary/aromatic N) is 2. The zero-order chi connectivity index (χ0) is 13.6. The number of pyridine rings is 1. The van der Waals surface area contributed by atoms with E-state index in [2.05, 4.69) is 26.1 Å². The van der Waals surface area contributed by atoms with Gasteiger partial charge < -0.3 is 19.2 Å². The Morgan fingerprint density at radius 1 is 1.37 bits per heavy atom. The number of carbonyl (C=O) groups is 1. The van der Waals surface area contributed by atoms with Crippen LogP contribution in [0, 0.1) is 0 Å². The summed E-state index contributed by atoms with van der Waals surface area (Å²) in [4.78, 5) is 14.5. The Kier molecular flexibility index (Phi) is 2.53. The third kappa shape index (κ3) is 1.76. The summed E-state index contributed by atoms with van der Waals surface area (Å²) in [6.45, 7) is 0. The second kappa shape index (κ2) is 4.09. The monoisotopic (exact) mass is 324 g/mol. The third-order valence-corrected chi connectivity index (χ3v) is 2.93. The van der Waals surface area contributed by atoms with E-state index in [9.17, 15) is 9.90 Å². The molecule has 7 nitrogen and oxygen atoms in total. The van der Waals surface area contributed by atoms with Crippen molar-refractivity contribution in [2.24, 2.45) is 0 Å². The van der Waals surface area contributed by atoms with E-state index in [4.69, 9.17) is 14.0 Å². The number of rotatable bonds is 2. The second-order valence-corrected chi connectivity index (χ2v) is 4.42. The van der Waals surface area contributed by atoms with E-state index in [1.165, 1.54) is 6.20 Å². The van der Waals surface area contributed by atoms with Crippen molar-refractivity contribution in [1.82, 2.24) is 10.1 Å². The summed E-state index contributed by atoms with van der Waals surface area (Å²) in [5.74, 6) is -1.50. The average molecular weight is 325 g/mol. The van der Waals surface area contributed by atoms with Gasteiger partial charge in [-0.15, -0.1) is 0 Å². The molecule has 3 heterocycles. The van der Waals surface area contributed by atoms with Crippen LogP contribution in [0.5, 0.6) is 5.75 Å². The van der Waals surface area contributed by atoms with E-state index < -0.39 is 17.4 Å². The van der Waals surface area contributed by atoms with Gasteiger partial charge in [-0.1, -0.05) is 5.16 Å². The van der Waals surface area contributed by atoms with Gasteiger partial charge in [-0.3, -0.25) is 0 Å². The minimum atomic E-state index is -1.35. The maximum absolute atomic E-state index is 10.8. The highest BCUT2D eigenvalue weighted by atomic mass is 79.9. The molecule has 19 heavy (non-hydrogen) atoms. The molecule has 0 aliphatic carbocycles. The summed E-state index contributed by atoms with van der Waals surface area (Å²) in [5.41, 5.74) is -0.203. The van der Waals surface area contributed by atoms with E-state index in [1.54, 1.807) is 12.1 Å². The summed E-state index contributed by atoms with van der Waals surface area (Å²) >= 11 is 3.16. The molecule has 0 unspecified atom stereocenters. The van der Waals surface area contributed by atoms with Gasteiger partial charge in [-0.05, 0) is 28.1 Å². The summed E-state index contributed by atoms with van der Waals surface area (Å²) in [6, 6.07) is 3.33. The molecule has 3 aromatic rings. The van der Waals surface area contributed by atoms with Crippen molar-refractivity contribution in [3.63, 3.8) is 0 Å². The Morgan fingerprint density at radius 2 is 2.16 bits per heavy atom. The highest BCUT2D eigenvalue weighted by Gasteiger charge is 2.22. The van der Waals surface area contributed by atoms with E-state index in [0.29, 0.717) is 21.5 Å². The van der Waals surface area contributed by atoms with E-state index >= 15 is 0 Å². The lowest BCUT2D eigenvalue weighted by atomic mass is 10.2. The van der Waals surface area contributed by atoms with Crippen molar-refractivity contribution in [3.8, 4) is 17.2 Å². The Balaban J connectivity index is 2.25. The van der Waals surface area contributed by atoms with Gasteiger partial charge in [-0.25, -0.2) is 9.78 Å². The van der Waals surface area contributed by atoms with Crippen molar-refractivity contribution in [2.45, 2.75) is 0 Å². The molecular formula is C11H5BrN2O5. The minimum Gasteiger partial charge on any atom is -0.502 e. The molecule has 0 saturated carbocycles. The van der Waals surface area contributed by atoms with Gasteiger partial charge in [0.2, 0.25) is 5.58 Å². The zero-order valence-electron chi connectivity index (χ0n) is 9.12. The Morgan fingerprint density at radius 3 is 2.79 bits per heavy atom. The predicted octanol–water partition coefficient (Wildman–Crippen LogP) is 2.65. The number of aromatic nitrogens is 2. The van der Waals surface area contributed by atoms with Crippen LogP contribution in [0.4, 0.5) is 0 Å². The molecule has 0 aliphatic rings. The van der Waals surface area contributed by atoms with Crippen LogP contribution in [0.25, 0.3) is 22.4 Å². The van der Waals surface area contributed by atoms with Crippen LogP contribution < -0.4 is 0 Å². The van der Waals surface area contributed by atoms with Crippen molar-refractivity contribution >= 4 is 32.9 Å². The molecule has 8 heteroatoms. The molecule has 96 valence electrons. The van der Waals surface area contributed by atoms with Crippen LogP contribution in [-0.4, -0.2) is 26.3 Å². The molecular weight excluding hydrogens is 320 g/mol. The van der Waals surface area contributed by atoms with E-state index in [1.807, 2.05) is 0 Å². The smallest absolute Gasteiger partial charge is 0.358 e. The van der Waals surface area contributed by atoms with Gasteiger partial charge >= 0.3 is 5.97 Å². The van der Waals surface area contributed by atoms with Gasteiger partial charge in [-0.2, -0.15) is 0 Å². The van der Waals surface area contributed by atoms with Crippen molar-refractivity contribution in [1.29, 1.82) is 0 Å². The molecule has 0 bridgehead atoms. The number of fused-ring (bicyclic) bond motifs is 1. The van der Waals surface area contributed by atoms with Crippen LogP contribution in [0.2, 0.25) is 0 Å². The largest absolute Gasteiger partial charge is 0.502 e. The standard InChI is InChI=1S/C11H5BrN2O5/c12-6-2-1-5(18-6)7-4-3-13-8(11(16)17)9(15)10(4)19-14-7/h1-3,15H,(H,16,17). The van der Waals surface area contributed by atoms with E-state index in [-0.39, 0.29) is 5.58 Å². The summed E-state index contributed by atoms with van der Waals surface area (Å²) in [6.07, 6.45) is 1.26. The predicted molar refractivity (Wildman–Crippen MR) is 65.8 cm³/mol. The summed E-state index contributed by atoms with van der Waals surface area (Å²) in [5, 5.41) is 22.7. The molecule has 0 atom stereocenters. The SMILES string of the molecule is O=C(O)c1ncc2c(-c3ccc(Br)o3)noc2c1O. The van der Waals surface area contributed by atoms with Crippen LogP contribution in [0.15, 0.2) is 31.9 Å². The quantitative estimate of drug-likeness (QED) is 0.745. The number of carboxylic acid groups (broad SMARTS) is 1. The zero-order valence-corrected chi connectivity index (χ0v) is 10.7. The van der Waals surface area contributed by atoms with Crippen LogP contribution in [-0.2, 0) is 0 Å². The molecule has 0 aliphatic heterocycles. The fourth-order valence-corrected chi connectivity index (χ4v) is 1.97. The van der Waals surface area contributed by atoms with Gasteiger partial charge in [0.25, 0.3) is 0 Å². The fourth-order valence-electron chi connectivity index (χ4n) is 1.66. The van der Waals surface area contributed by atoms with Crippen LogP contribution >= 0.6 is 15.9 Å². The Hall–Kier alpha value is -2.35. The highest BCUT2D eigenvalue weighted by molar-refractivity contribution is 9.10. The highest BCUT2D eigenvalue weighted by Crippen LogP contribution is 2.35. The lowest BCUT2D eigenvalue weighted by Gasteiger charge is -1.97. The number of furan rings is 1. The maximum Gasteiger partial charge on any atom is 0.358 e. The number of aromatic hydroxyl groups is 1.